The second-order valence-electron chi connectivity index (χ2n) is 3.95. The third kappa shape index (κ3) is 3.23. The lowest BCUT2D eigenvalue weighted by atomic mass is 10.2. The van der Waals surface area contributed by atoms with Gasteiger partial charge in [0.1, 0.15) is 5.69 Å². The first-order valence-corrected chi connectivity index (χ1v) is 6.00. The molecular weight excluding hydrogens is 258 g/mol. The van der Waals surface area contributed by atoms with Gasteiger partial charge in [0.2, 0.25) is 5.88 Å². The Morgan fingerprint density at radius 3 is 2.85 bits per heavy atom. The van der Waals surface area contributed by atoms with Gasteiger partial charge in [-0.3, -0.25) is 0 Å². The van der Waals surface area contributed by atoms with Crippen molar-refractivity contribution < 1.29 is 14.3 Å². The van der Waals surface area contributed by atoms with Crippen LogP contribution in [-0.2, 0) is 11.3 Å². The first-order chi connectivity index (χ1) is 9.74. The van der Waals surface area contributed by atoms with E-state index in [9.17, 15) is 4.79 Å². The number of carbonyl (C=O) groups is 1. The molecule has 0 radical (unpaired) electrons. The van der Waals surface area contributed by atoms with Crippen molar-refractivity contribution in [2.75, 3.05) is 19.5 Å². The van der Waals surface area contributed by atoms with Crippen LogP contribution in [0.3, 0.4) is 0 Å². The molecule has 0 aliphatic rings. The maximum absolute atomic E-state index is 11.4. The highest BCUT2D eigenvalue weighted by atomic mass is 16.5. The first-order valence-electron chi connectivity index (χ1n) is 6.00. The topological polar surface area (TPSA) is 73.3 Å². The van der Waals surface area contributed by atoms with Crippen LogP contribution < -0.4 is 10.1 Å². The second-order valence-corrected chi connectivity index (χ2v) is 3.95. The van der Waals surface area contributed by atoms with Gasteiger partial charge in [0, 0.05) is 30.2 Å². The molecule has 0 bridgehead atoms. The number of pyridine rings is 2. The lowest BCUT2D eigenvalue weighted by Crippen LogP contribution is -2.07. The molecule has 0 saturated heterocycles. The summed E-state index contributed by atoms with van der Waals surface area (Å²) in [7, 11) is 2.90. The molecule has 2 rings (SSSR count). The van der Waals surface area contributed by atoms with Crippen LogP contribution in [0.4, 0.5) is 5.69 Å². The third-order valence-corrected chi connectivity index (χ3v) is 2.68. The number of hydrogen-bond donors (Lipinski definition) is 1. The Morgan fingerprint density at radius 2 is 2.10 bits per heavy atom. The first kappa shape index (κ1) is 13.8. The summed E-state index contributed by atoms with van der Waals surface area (Å²) in [6.07, 6.45) is 3.22. The van der Waals surface area contributed by atoms with Crippen LogP contribution in [-0.4, -0.2) is 30.2 Å². The Balaban J connectivity index is 2.09. The highest BCUT2D eigenvalue weighted by Crippen LogP contribution is 2.16. The van der Waals surface area contributed by atoms with E-state index in [1.165, 1.54) is 7.11 Å². The van der Waals surface area contributed by atoms with Crippen LogP contribution in [0.15, 0.2) is 36.7 Å². The number of ether oxygens (including phenoxy) is 2. The Bertz CT molecular complexity index is 602. The fourth-order valence-electron chi connectivity index (χ4n) is 1.70. The molecule has 2 aromatic rings. The molecule has 0 spiro atoms. The van der Waals surface area contributed by atoms with Gasteiger partial charge >= 0.3 is 5.97 Å². The van der Waals surface area contributed by atoms with Crippen molar-refractivity contribution >= 4 is 11.7 Å². The maximum Gasteiger partial charge on any atom is 0.356 e. The Labute approximate surface area is 116 Å². The zero-order valence-corrected chi connectivity index (χ0v) is 11.3. The molecule has 0 saturated carbocycles. The summed E-state index contributed by atoms with van der Waals surface area (Å²) in [5.74, 6) is 0.106. The molecule has 2 aromatic heterocycles. The van der Waals surface area contributed by atoms with Gasteiger partial charge < -0.3 is 14.8 Å². The molecule has 2 heterocycles. The maximum atomic E-state index is 11.4. The molecule has 0 aliphatic heterocycles. The molecular formula is C14H15N3O3. The van der Waals surface area contributed by atoms with E-state index in [-0.39, 0.29) is 5.69 Å². The molecule has 0 fully saturated rings. The average molecular weight is 273 g/mol. The molecule has 0 atom stereocenters. The van der Waals surface area contributed by atoms with Crippen LogP contribution in [0.25, 0.3) is 0 Å². The second kappa shape index (κ2) is 6.51. The lowest BCUT2D eigenvalue weighted by Gasteiger charge is -2.09. The number of nitrogens with zero attached hydrogens (tertiary/aromatic N) is 2. The summed E-state index contributed by atoms with van der Waals surface area (Å²) in [6.45, 7) is 0.529. The van der Waals surface area contributed by atoms with Gasteiger partial charge in [-0.2, -0.15) is 0 Å². The number of rotatable bonds is 5. The van der Waals surface area contributed by atoms with Crippen molar-refractivity contribution in [3.63, 3.8) is 0 Å². The number of hydrogen-bond acceptors (Lipinski definition) is 6. The van der Waals surface area contributed by atoms with Gasteiger partial charge in [-0.1, -0.05) is 6.07 Å². The quantitative estimate of drug-likeness (QED) is 0.838. The lowest BCUT2D eigenvalue weighted by molar-refractivity contribution is 0.0594. The molecule has 6 heteroatoms. The van der Waals surface area contributed by atoms with Gasteiger partial charge in [0.25, 0.3) is 0 Å². The van der Waals surface area contributed by atoms with Gasteiger partial charge in [-0.05, 0) is 18.2 Å². The molecule has 0 unspecified atom stereocenters. The van der Waals surface area contributed by atoms with Crippen molar-refractivity contribution in [2.24, 2.45) is 0 Å². The average Bonchev–Trinajstić information content (AvgIpc) is 2.52. The summed E-state index contributed by atoms with van der Waals surface area (Å²) >= 11 is 0. The van der Waals surface area contributed by atoms with E-state index in [2.05, 4.69) is 20.0 Å². The number of anilines is 1. The highest BCUT2D eigenvalue weighted by molar-refractivity contribution is 5.88. The normalized spacial score (nSPS) is 9.90. The number of nitrogens with one attached hydrogen (secondary N) is 1. The summed E-state index contributed by atoms with van der Waals surface area (Å²) < 4.78 is 9.81. The highest BCUT2D eigenvalue weighted by Gasteiger charge is 2.08. The smallest absolute Gasteiger partial charge is 0.356 e. The van der Waals surface area contributed by atoms with Crippen LogP contribution in [0, 0.1) is 0 Å². The van der Waals surface area contributed by atoms with E-state index in [1.54, 1.807) is 31.6 Å². The van der Waals surface area contributed by atoms with E-state index in [0.717, 1.165) is 11.3 Å². The van der Waals surface area contributed by atoms with Crippen molar-refractivity contribution in [3.05, 3.63) is 47.9 Å². The van der Waals surface area contributed by atoms with Crippen LogP contribution in [0.2, 0.25) is 0 Å². The van der Waals surface area contributed by atoms with Gasteiger partial charge in [0.15, 0.2) is 0 Å². The molecule has 104 valence electrons. The van der Waals surface area contributed by atoms with E-state index in [0.29, 0.717) is 12.4 Å². The van der Waals surface area contributed by atoms with E-state index in [4.69, 9.17) is 4.74 Å². The third-order valence-electron chi connectivity index (χ3n) is 2.68. The summed E-state index contributed by atoms with van der Waals surface area (Å²) in [5.41, 5.74) is 1.95. The number of esters is 1. The fraction of sp³-hybridized carbons (Fsp3) is 0.214. The van der Waals surface area contributed by atoms with Crippen LogP contribution in [0.1, 0.15) is 16.1 Å². The van der Waals surface area contributed by atoms with E-state index < -0.39 is 5.97 Å². The molecule has 6 nitrogen and oxygen atoms in total. The minimum Gasteiger partial charge on any atom is -0.481 e. The standard InChI is InChI=1S/C14H15N3O3/c1-19-13-10(4-3-6-16-13)9-17-11-5-7-15-12(8-11)14(18)20-2/h3-8H,9H2,1-2H3,(H,15,17). The monoisotopic (exact) mass is 273 g/mol. The Hall–Kier alpha value is -2.63. The zero-order valence-electron chi connectivity index (χ0n) is 11.3. The van der Waals surface area contributed by atoms with Gasteiger partial charge in [0.05, 0.1) is 14.2 Å². The molecule has 0 aromatic carbocycles. The van der Waals surface area contributed by atoms with Crippen molar-refractivity contribution in [2.45, 2.75) is 6.54 Å². The summed E-state index contributed by atoms with van der Waals surface area (Å²) in [4.78, 5) is 19.5. The SMILES string of the molecule is COC(=O)c1cc(NCc2cccnc2OC)ccn1. The number of carbonyl (C=O) groups excluding carboxylic acids is 1. The Morgan fingerprint density at radius 1 is 1.25 bits per heavy atom. The minimum atomic E-state index is -0.465. The van der Waals surface area contributed by atoms with E-state index in [1.807, 2.05) is 12.1 Å². The predicted octanol–water partition coefficient (Wildman–Crippen LogP) is 1.88. The van der Waals surface area contributed by atoms with Crippen molar-refractivity contribution in [1.82, 2.24) is 9.97 Å². The van der Waals surface area contributed by atoms with Crippen molar-refractivity contribution in [1.29, 1.82) is 0 Å². The fourth-order valence-corrected chi connectivity index (χ4v) is 1.70. The minimum absolute atomic E-state index is 0.260. The molecule has 0 aliphatic carbocycles. The van der Waals surface area contributed by atoms with Gasteiger partial charge in [-0.15, -0.1) is 0 Å². The molecule has 0 amide bonds. The predicted molar refractivity (Wildman–Crippen MR) is 73.7 cm³/mol. The molecule has 1 N–H and O–H groups in total. The zero-order chi connectivity index (χ0) is 14.4. The van der Waals surface area contributed by atoms with Crippen molar-refractivity contribution in [3.8, 4) is 5.88 Å². The van der Waals surface area contributed by atoms with Gasteiger partial charge in [-0.25, -0.2) is 14.8 Å². The van der Waals surface area contributed by atoms with E-state index >= 15 is 0 Å². The summed E-state index contributed by atoms with van der Waals surface area (Å²) in [5, 5.41) is 3.19. The number of methoxy groups -OCH3 is 2. The van der Waals surface area contributed by atoms with Crippen LogP contribution in [0.5, 0.6) is 5.88 Å². The Kier molecular flexibility index (Phi) is 4.49. The number of aromatic nitrogens is 2. The molecule has 20 heavy (non-hydrogen) atoms. The summed E-state index contributed by atoms with van der Waals surface area (Å²) in [6, 6.07) is 7.16. The van der Waals surface area contributed by atoms with Crippen LogP contribution >= 0.6 is 0 Å². The largest absolute Gasteiger partial charge is 0.481 e.